The lowest BCUT2D eigenvalue weighted by atomic mass is 10.1. The summed E-state index contributed by atoms with van der Waals surface area (Å²) >= 11 is 12.0. The Morgan fingerprint density at radius 3 is 2.62 bits per heavy atom. The molecule has 1 amide bonds. The van der Waals surface area contributed by atoms with Gasteiger partial charge in [0.25, 0.3) is 5.91 Å². The van der Waals surface area contributed by atoms with Gasteiger partial charge in [-0.3, -0.25) is 4.79 Å². The minimum absolute atomic E-state index is 0.163. The molecular formula is C19H21Cl2NO2. The molecule has 2 aromatic rings. The molecule has 2 rings (SSSR count). The average Bonchev–Trinajstić information content (AvgIpc) is 2.55. The lowest BCUT2D eigenvalue weighted by Gasteiger charge is -2.19. The average molecular weight is 366 g/mol. The highest BCUT2D eigenvalue weighted by Gasteiger charge is 2.19. The Morgan fingerprint density at radius 2 is 1.96 bits per heavy atom. The number of carbonyl (C=O) groups is 1. The van der Waals surface area contributed by atoms with Crippen molar-refractivity contribution in [2.24, 2.45) is 0 Å². The standard InChI is InChI=1S/C19H21Cl2NO2/c1-4-17(24-18-7-5-6-12(2)13(18)3)19(23)22-11-14-8-9-15(20)10-16(14)21/h5-10,17H,4,11H2,1-3H3,(H,22,23)/t17-/m1/s1. The summed E-state index contributed by atoms with van der Waals surface area (Å²) in [6.45, 7) is 6.26. The highest BCUT2D eigenvalue weighted by atomic mass is 35.5. The van der Waals surface area contributed by atoms with E-state index in [2.05, 4.69) is 5.32 Å². The molecule has 3 nitrogen and oxygen atoms in total. The predicted octanol–water partition coefficient (Wildman–Crippen LogP) is 5.08. The molecule has 5 heteroatoms. The molecule has 0 radical (unpaired) electrons. The molecule has 2 aromatic carbocycles. The van der Waals surface area contributed by atoms with Crippen LogP contribution in [0.5, 0.6) is 5.75 Å². The van der Waals surface area contributed by atoms with Crippen LogP contribution in [0, 0.1) is 13.8 Å². The molecule has 1 N–H and O–H groups in total. The summed E-state index contributed by atoms with van der Waals surface area (Å²) < 4.78 is 5.91. The van der Waals surface area contributed by atoms with Crippen molar-refractivity contribution in [2.45, 2.75) is 39.8 Å². The fraction of sp³-hybridized carbons (Fsp3) is 0.316. The second-order valence-corrected chi connectivity index (χ2v) is 6.51. The Morgan fingerprint density at radius 1 is 1.21 bits per heavy atom. The van der Waals surface area contributed by atoms with Crippen LogP contribution < -0.4 is 10.1 Å². The van der Waals surface area contributed by atoms with Crippen LogP contribution in [-0.4, -0.2) is 12.0 Å². The Bertz CT molecular complexity index is 731. The van der Waals surface area contributed by atoms with Crippen LogP contribution in [0.2, 0.25) is 10.0 Å². The normalized spacial score (nSPS) is 11.9. The molecule has 0 spiro atoms. The summed E-state index contributed by atoms with van der Waals surface area (Å²) in [6, 6.07) is 11.0. The Balaban J connectivity index is 2.02. The monoisotopic (exact) mass is 365 g/mol. The summed E-state index contributed by atoms with van der Waals surface area (Å²) in [5.74, 6) is 0.575. The second kappa shape index (κ2) is 8.41. The summed E-state index contributed by atoms with van der Waals surface area (Å²) in [5, 5.41) is 3.98. The van der Waals surface area contributed by atoms with E-state index < -0.39 is 6.10 Å². The van der Waals surface area contributed by atoms with Crippen LogP contribution in [0.15, 0.2) is 36.4 Å². The first-order valence-corrected chi connectivity index (χ1v) is 8.62. The van der Waals surface area contributed by atoms with Gasteiger partial charge in [-0.1, -0.05) is 48.3 Å². The van der Waals surface area contributed by atoms with E-state index in [0.717, 1.165) is 22.4 Å². The quantitative estimate of drug-likeness (QED) is 0.774. The Hall–Kier alpha value is -1.71. The molecule has 0 unspecified atom stereocenters. The highest BCUT2D eigenvalue weighted by molar-refractivity contribution is 6.35. The SMILES string of the molecule is CC[C@@H](Oc1cccc(C)c1C)C(=O)NCc1ccc(Cl)cc1Cl. The first-order chi connectivity index (χ1) is 11.4. The summed E-state index contributed by atoms with van der Waals surface area (Å²) in [7, 11) is 0. The zero-order chi connectivity index (χ0) is 17.7. The van der Waals surface area contributed by atoms with Crippen molar-refractivity contribution in [3.63, 3.8) is 0 Å². The Kier molecular flexibility index (Phi) is 6.52. The van der Waals surface area contributed by atoms with Gasteiger partial charge in [-0.2, -0.15) is 0 Å². The number of aryl methyl sites for hydroxylation is 1. The molecule has 0 aliphatic rings. The van der Waals surface area contributed by atoms with Gasteiger partial charge in [-0.05, 0) is 55.2 Å². The third-order valence-electron chi connectivity index (χ3n) is 3.96. The van der Waals surface area contributed by atoms with Gasteiger partial charge in [0.1, 0.15) is 5.75 Å². The molecule has 0 aromatic heterocycles. The number of rotatable bonds is 6. The predicted molar refractivity (Wildman–Crippen MR) is 98.9 cm³/mol. The van der Waals surface area contributed by atoms with Crippen molar-refractivity contribution in [1.82, 2.24) is 5.32 Å². The van der Waals surface area contributed by atoms with Crippen molar-refractivity contribution < 1.29 is 9.53 Å². The van der Waals surface area contributed by atoms with Crippen molar-refractivity contribution in [3.8, 4) is 5.75 Å². The second-order valence-electron chi connectivity index (χ2n) is 5.67. The van der Waals surface area contributed by atoms with Crippen molar-refractivity contribution >= 4 is 29.1 Å². The van der Waals surface area contributed by atoms with E-state index >= 15 is 0 Å². The maximum atomic E-state index is 12.4. The Labute approximate surface area is 152 Å². The molecule has 0 fully saturated rings. The van der Waals surface area contributed by atoms with Gasteiger partial charge in [0.15, 0.2) is 6.10 Å². The molecule has 0 saturated carbocycles. The molecular weight excluding hydrogens is 345 g/mol. The first-order valence-electron chi connectivity index (χ1n) is 7.87. The third-order valence-corrected chi connectivity index (χ3v) is 4.54. The van der Waals surface area contributed by atoms with E-state index in [1.165, 1.54) is 0 Å². The van der Waals surface area contributed by atoms with Gasteiger partial charge in [-0.25, -0.2) is 0 Å². The van der Waals surface area contributed by atoms with E-state index in [4.69, 9.17) is 27.9 Å². The van der Waals surface area contributed by atoms with Crippen LogP contribution in [-0.2, 0) is 11.3 Å². The largest absolute Gasteiger partial charge is 0.480 e. The third kappa shape index (κ3) is 4.65. The van der Waals surface area contributed by atoms with Gasteiger partial charge in [0.05, 0.1) is 0 Å². The zero-order valence-electron chi connectivity index (χ0n) is 14.0. The van der Waals surface area contributed by atoms with Crippen LogP contribution in [0.3, 0.4) is 0 Å². The number of nitrogens with one attached hydrogen (secondary N) is 1. The van der Waals surface area contributed by atoms with E-state index in [0.29, 0.717) is 23.0 Å². The van der Waals surface area contributed by atoms with Gasteiger partial charge in [0.2, 0.25) is 0 Å². The van der Waals surface area contributed by atoms with E-state index in [1.807, 2.05) is 39.0 Å². The topological polar surface area (TPSA) is 38.3 Å². The van der Waals surface area contributed by atoms with E-state index in [1.54, 1.807) is 18.2 Å². The molecule has 0 heterocycles. The fourth-order valence-corrected chi connectivity index (χ4v) is 2.76. The van der Waals surface area contributed by atoms with Crippen molar-refractivity contribution in [1.29, 1.82) is 0 Å². The van der Waals surface area contributed by atoms with Gasteiger partial charge >= 0.3 is 0 Å². The van der Waals surface area contributed by atoms with Crippen LogP contribution >= 0.6 is 23.2 Å². The van der Waals surface area contributed by atoms with Crippen molar-refractivity contribution in [3.05, 3.63) is 63.1 Å². The molecule has 0 aliphatic carbocycles. The van der Waals surface area contributed by atoms with Crippen molar-refractivity contribution in [2.75, 3.05) is 0 Å². The maximum Gasteiger partial charge on any atom is 0.261 e. The van der Waals surface area contributed by atoms with Gasteiger partial charge in [-0.15, -0.1) is 0 Å². The fourth-order valence-electron chi connectivity index (χ4n) is 2.29. The minimum Gasteiger partial charge on any atom is -0.480 e. The highest BCUT2D eigenvalue weighted by Crippen LogP contribution is 2.23. The first kappa shape index (κ1) is 18.6. The number of hydrogen-bond donors (Lipinski definition) is 1. The number of hydrogen-bond acceptors (Lipinski definition) is 2. The number of amides is 1. The lowest BCUT2D eigenvalue weighted by molar-refractivity contribution is -0.128. The van der Waals surface area contributed by atoms with E-state index in [9.17, 15) is 4.79 Å². The number of benzene rings is 2. The minimum atomic E-state index is -0.545. The summed E-state index contributed by atoms with van der Waals surface area (Å²) in [4.78, 5) is 12.4. The molecule has 1 atom stereocenters. The zero-order valence-corrected chi connectivity index (χ0v) is 15.5. The maximum absolute atomic E-state index is 12.4. The summed E-state index contributed by atoms with van der Waals surface area (Å²) in [5.41, 5.74) is 3.00. The van der Waals surface area contributed by atoms with Crippen LogP contribution in [0.1, 0.15) is 30.0 Å². The van der Waals surface area contributed by atoms with Gasteiger partial charge < -0.3 is 10.1 Å². The summed E-state index contributed by atoms with van der Waals surface area (Å²) in [6.07, 6.45) is 0.0321. The molecule has 0 bridgehead atoms. The lowest BCUT2D eigenvalue weighted by Crippen LogP contribution is -2.37. The van der Waals surface area contributed by atoms with Crippen LogP contribution in [0.25, 0.3) is 0 Å². The number of carbonyl (C=O) groups excluding carboxylic acids is 1. The molecule has 0 aliphatic heterocycles. The number of halogens is 2. The molecule has 128 valence electrons. The molecule has 0 saturated heterocycles. The number of ether oxygens (including phenoxy) is 1. The van der Waals surface area contributed by atoms with E-state index in [-0.39, 0.29) is 5.91 Å². The smallest absolute Gasteiger partial charge is 0.261 e. The van der Waals surface area contributed by atoms with Crippen LogP contribution in [0.4, 0.5) is 0 Å². The molecule has 24 heavy (non-hydrogen) atoms. The van der Waals surface area contributed by atoms with Gasteiger partial charge in [0, 0.05) is 16.6 Å².